The van der Waals surface area contributed by atoms with Crippen LogP contribution in [0.25, 0.3) is 0 Å². The Hall–Kier alpha value is -0.100. The number of halogens is 1. The van der Waals surface area contributed by atoms with Crippen molar-refractivity contribution in [3.63, 3.8) is 0 Å². The van der Waals surface area contributed by atoms with E-state index in [0.717, 1.165) is 19.4 Å². The molecular formula is C9H16BrNO3S. The number of carbonyl (C=O) groups excluding carboxylic acids is 1. The second kappa shape index (κ2) is 5.30. The monoisotopic (exact) mass is 297 g/mol. The van der Waals surface area contributed by atoms with Crippen LogP contribution in [0.15, 0.2) is 0 Å². The Labute approximate surface area is 99.1 Å². The van der Waals surface area contributed by atoms with E-state index in [4.69, 9.17) is 0 Å². The second-order valence-electron chi connectivity index (χ2n) is 3.92. The highest BCUT2D eigenvalue weighted by atomic mass is 79.9. The molecule has 4 nitrogen and oxygen atoms in total. The van der Waals surface area contributed by atoms with Crippen LogP contribution in [0.5, 0.6) is 0 Å². The largest absolute Gasteiger partial charge is 0.342 e. The Morgan fingerprint density at radius 2 is 2.20 bits per heavy atom. The summed E-state index contributed by atoms with van der Waals surface area (Å²) in [6.45, 7) is 1.30. The normalized spacial score (nSPS) is 23.2. The first-order valence-corrected chi connectivity index (χ1v) is 7.98. The predicted octanol–water partition coefficient (Wildman–Crippen LogP) is 0.807. The van der Waals surface area contributed by atoms with Crippen molar-refractivity contribution in [1.29, 1.82) is 0 Å². The van der Waals surface area contributed by atoms with Crippen LogP contribution < -0.4 is 0 Å². The van der Waals surface area contributed by atoms with Crippen LogP contribution >= 0.6 is 15.9 Å². The average Bonchev–Trinajstić information content (AvgIpc) is 2.10. The number of carbonyl (C=O) groups is 1. The predicted molar refractivity (Wildman–Crippen MR) is 62.9 cm³/mol. The van der Waals surface area contributed by atoms with Gasteiger partial charge in [-0.05, 0) is 19.3 Å². The standard InChI is InChI=1S/C9H16BrNO3S/c1-15(13,14)7-3-6-11-5-2-4-8(10)9(11)12/h8H,2-7H2,1H3. The Morgan fingerprint density at radius 1 is 1.53 bits per heavy atom. The highest BCUT2D eigenvalue weighted by Crippen LogP contribution is 2.18. The molecule has 88 valence electrons. The molecule has 0 aromatic carbocycles. The molecule has 1 saturated heterocycles. The third-order valence-electron chi connectivity index (χ3n) is 2.41. The van der Waals surface area contributed by atoms with Gasteiger partial charge in [-0.25, -0.2) is 8.42 Å². The lowest BCUT2D eigenvalue weighted by molar-refractivity contribution is -0.132. The van der Waals surface area contributed by atoms with Crippen molar-refractivity contribution in [2.24, 2.45) is 0 Å². The molecule has 0 aliphatic carbocycles. The van der Waals surface area contributed by atoms with Crippen LogP contribution in [0.2, 0.25) is 0 Å². The maximum Gasteiger partial charge on any atom is 0.236 e. The van der Waals surface area contributed by atoms with Gasteiger partial charge in [-0.1, -0.05) is 15.9 Å². The van der Waals surface area contributed by atoms with Gasteiger partial charge in [0.25, 0.3) is 0 Å². The quantitative estimate of drug-likeness (QED) is 0.722. The van der Waals surface area contributed by atoms with Gasteiger partial charge in [0.2, 0.25) is 5.91 Å². The van der Waals surface area contributed by atoms with Gasteiger partial charge in [0, 0.05) is 19.3 Å². The van der Waals surface area contributed by atoms with E-state index in [-0.39, 0.29) is 16.5 Å². The molecule has 1 atom stereocenters. The van der Waals surface area contributed by atoms with Crippen LogP contribution in [0.3, 0.4) is 0 Å². The number of alkyl halides is 1. The molecule has 1 rings (SSSR count). The van der Waals surface area contributed by atoms with Gasteiger partial charge < -0.3 is 4.90 Å². The zero-order valence-electron chi connectivity index (χ0n) is 8.78. The molecule has 0 aromatic rings. The first-order valence-electron chi connectivity index (χ1n) is 5.01. The number of piperidine rings is 1. The zero-order chi connectivity index (χ0) is 11.5. The van der Waals surface area contributed by atoms with Crippen LogP contribution in [0.4, 0.5) is 0 Å². The molecule has 0 saturated carbocycles. The van der Waals surface area contributed by atoms with Crippen molar-refractivity contribution in [3.8, 4) is 0 Å². The van der Waals surface area contributed by atoms with Gasteiger partial charge in [-0.3, -0.25) is 4.79 Å². The minimum Gasteiger partial charge on any atom is -0.342 e. The van der Waals surface area contributed by atoms with E-state index in [1.54, 1.807) is 4.90 Å². The summed E-state index contributed by atoms with van der Waals surface area (Å²) >= 11 is 3.32. The van der Waals surface area contributed by atoms with Crippen molar-refractivity contribution in [2.75, 3.05) is 25.1 Å². The fourth-order valence-electron chi connectivity index (χ4n) is 1.63. The molecule has 1 unspecified atom stereocenters. The first kappa shape index (κ1) is 13.0. The first-order chi connectivity index (χ1) is 6.90. The molecule has 0 aromatic heterocycles. The van der Waals surface area contributed by atoms with Gasteiger partial charge >= 0.3 is 0 Å². The van der Waals surface area contributed by atoms with E-state index in [1.807, 2.05) is 0 Å². The van der Waals surface area contributed by atoms with E-state index in [0.29, 0.717) is 13.0 Å². The second-order valence-corrected chi connectivity index (χ2v) is 7.28. The van der Waals surface area contributed by atoms with Crippen molar-refractivity contribution in [3.05, 3.63) is 0 Å². The molecule has 1 aliphatic rings. The van der Waals surface area contributed by atoms with Gasteiger partial charge in [-0.15, -0.1) is 0 Å². The van der Waals surface area contributed by atoms with Crippen molar-refractivity contribution in [2.45, 2.75) is 24.1 Å². The van der Waals surface area contributed by atoms with E-state index >= 15 is 0 Å². The summed E-state index contributed by atoms with van der Waals surface area (Å²) in [4.78, 5) is 13.3. The smallest absolute Gasteiger partial charge is 0.236 e. The fourth-order valence-corrected chi connectivity index (χ4v) is 2.90. The van der Waals surface area contributed by atoms with Crippen molar-refractivity contribution in [1.82, 2.24) is 4.90 Å². The molecule has 0 bridgehead atoms. The van der Waals surface area contributed by atoms with Crippen molar-refractivity contribution >= 4 is 31.7 Å². The molecule has 0 radical (unpaired) electrons. The van der Waals surface area contributed by atoms with E-state index in [1.165, 1.54) is 6.26 Å². The Morgan fingerprint density at radius 3 is 2.80 bits per heavy atom. The average molecular weight is 298 g/mol. The van der Waals surface area contributed by atoms with Gasteiger partial charge in [0.1, 0.15) is 9.84 Å². The molecule has 0 spiro atoms. The highest BCUT2D eigenvalue weighted by molar-refractivity contribution is 9.10. The zero-order valence-corrected chi connectivity index (χ0v) is 11.2. The summed E-state index contributed by atoms with van der Waals surface area (Å²) in [5.41, 5.74) is 0. The summed E-state index contributed by atoms with van der Waals surface area (Å²) in [7, 11) is -2.91. The lowest BCUT2D eigenvalue weighted by Crippen LogP contribution is -2.42. The minimum absolute atomic E-state index is 0.0792. The summed E-state index contributed by atoms with van der Waals surface area (Å²) < 4.78 is 21.8. The van der Waals surface area contributed by atoms with Gasteiger partial charge in [0.15, 0.2) is 0 Å². The Kier molecular flexibility index (Phi) is 4.58. The van der Waals surface area contributed by atoms with E-state index < -0.39 is 9.84 Å². The van der Waals surface area contributed by atoms with Crippen LogP contribution in [0, 0.1) is 0 Å². The summed E-state index contributed by atoms with van der Waals surface area (Å²) in [5, 5.41) is 0. The fraction of sp³-hybridized carbons (Fsp3) is 0.889. The number of hydrogen-bond acceptors (Lipinski definition) is 3. The van der Waals surface area contributed by atoms with Crippen LogP contribution in [0.1, 0.15) is 19.3 Å². The highest BCUT2D eigenvalue weighted by Gasteiger charge is 2.25. The summed E-state index contributed by atoms with van der Waals surface area (Å²) in [6, 6.07) is 0. The lowest BCUT2D eigenvalue weighted by Gasteiger charge is -2.29. The topological polar surface area (TPSA) is 54.5 Å². The molecule has 1 aliphatic heterocycles. The molecule has 0 N–H and O–H groups in total. The number of nitrogens with zero attached hydrogens (tertiary/aromatic N) is 1. The minimum atomic E-state index is -2.91. The molecule has 1 amide bonds. The molecular weight excluding hydrogens is 282 g/mol. The number of hydrogen-bond donors (Lipinski definition) is 0. The number of amides is 1. The maximum absolute atomic E-state index is 11.6. The van der Waals surface area contributed by atoms with Gasteiger partial charge in [-0.2, -0.15) is 0 Å². The lowest BCUT2D eigenvalue weighted by atomic mass is 10.1. The third kappa shape index (κ3) is 4.51. The van der Waals surface area contributed by atoms with Crippen molar-refractivity contribution < 1.29 is 13.2 Å². The molecule has 1 heterocycles. The number of rotatable bonds is 4. The molecule has 6 heteroatoms. The maximum atomic E-state index is 11.6. The van der Waals surface area contributed by atoms with Gasteiger partial charge in [0.05, 0.1) is 10.6 Å². The van der Waals surface area contributed by atoms with Crippen LogP contribution in [-0.4, -0.2) is 49.2 Å². The van der Waals surface area contributed by atoms with E-state index in [9.17, 15) is 13.2 Å². The SMILES string of the molecule is CS(=O)(=O)CCCN1CCCC(Br)C1=O. The Bertz CT molecular complexity index is 328. The number of sulfone groups is 1. The summed E-state index contributed by atoms with van der Waals surface area (Å²) in [5.74, 6) is 0.249. The van der Waals surface area contributed by atoms with Crippen LogP contribution in [-0.2, 0) is 14.6 Å². The molecule has 1 fully saturated rings. The summed E-state index contributed by atoms with van der Waals surface area (Å²) in [6.07, 6.45) is 3.62. The third-order valence-corrected chi connectivity index (χ3v) is 4.29. The number of likely N-dealkylation sites (tertiary alicyclic amines) is 1. The molecule has 15 heavy (non-hydrogen) atoms. The Balaban J connectivity index is 2.35. The van der Waals surface area contributed by atoms with E-state index in [2.05, 4.69) is 15.9 Å².